The molecule has 6 heteroatoms. The number of hydrogen-bond acceptors (Lipinski definition) is 3. The fourth-order valence-electron chi connectivity index (χ4n) is 2.61. The van der Waals surface area contributed by atoms with Crippen molar-refractivity contribution in [2.45, 2.75) is 19.9 Å². The van der Waals surface area contributed by atoms with Crippen LogP contribution in [0, 0.1) is 5.92 Å². The first kappa shape index (κ1) is 20.0. The molecular weight excluding hydrogens is 405 g/mol. The van der Waals surface area contributed by atoms with Crippen molar-refractivity contribution in [3.63, 3.8) is 0 Å². The lowest BCUT2D eigenvalue weighted by Crippen LogP contribution is -2.41. The number of hydrogen-bond donors (Lipinski definition) is 1. The molecule has 2 rings (SSSR count). The van der Waals surface area contributed by atoms with Crippen LogP contribution < -0.4 is 10.1 Å². The minimum Gasteiger partial charge on any atom is -0.497 e. The summed E-state index contributed by atoms with van der Waals surface area (Å²) in [6, 6.07) is 8.04. The zero-order valence-corrected chi connectivity index (χ0v) is 16.6. The quantitative estimate of drug-likeness (QED) is 0.426. The van der Waals surface area contributed by atoms with Crippen LogP contribution in [0.1, 0.15) is 18.9 Å². The highest BCUT2D eigenvalue weighted by Gasteiger charge is 2.18. The Hall–Kier alpha value is -1.02. The standard InChI is InChI=1S/C17H27N3O2.HI/c1-4-18-17(20(2)12-15-8-9-22-13-15)19-11-14-6-5-7-16(10-14)21-3;/h5-7,10,15H,4,8-9,11-13H2,1-3H3,(H,18,19);1H. The summed E-state index contributed by atoms with van der Waals surface area (Å²) >= 11 is 0. The van der Waals surface area contributed by atoms with Crippen molar-refractivity contribution in [2.75, 3.05) is 40.5 Å². The fraction of sp³-hybridized carbons (Fsp3) is 0.588. The van der Waals surface area contributed by atoms with E-state index in [0.29, 0.717) is 12.5 Å². The molecule has 5 nitrogen and oxygen atoms in total. The van der Waals surface area contributed by atoms with Crippen molar-refractivity contribution in [2.24, 2.45) is 10.9 Å². The zero-order valence-electron chi connectivity index (χ0n) is 14.2. The second kappa shape index (κ2) is 10.7. The van der Waals surface area contributed by atoms with E-state index in [1.165, 1.54) is 0 Å². The van der Waals surface area contributed by atoms with Crippen molar-refractivity contribution in [3.05, 3.63) is 29.8 Å². The average molecular weight is 433 g/mol. The number of guanidine groups is 1. The maximum absolute atomic E-state index is 5.45. The molecule has 1 aliphatic rings. The van der Waals surface area contributed by atoms with Crippen molar-refractivity contribution >= 4 is 29.9 Å². The van der Waals surface area contributed by atoms with Gasteiger partial charge < -0.3 is 19.7 Å². The summed E-state index contributed by atoms with van der Waals surface area (Å²) in [4.78, 5) is 6.93. The predicted molar refractivity (Wildman–Crippen MR) is 105 cm³/mol. The van der Waals surface area contributed by atoms with Gasteiger partial charge in [0.25, 0.3) is 0 Å². The van der Waals surface area contributed by atoms with Crippen LogP contribution in [-0.4, -0.2) is 51.3 Å². The van der Waals surface area contributed by atoms with Gasteiger partial charge in [0.15, 0.2) is 5.96 Å². The molecule has 0 bridgehead atoms. The minimum atomic E-state index is 0. The fourth-order valence-corrected chi connectivity index (χ4v) is 2.61. The van der Waals surface area contributed by atoms with E-state index >= 15 is 0 Å². The number of rotatable bonds is 6. The van der Waals surface area contributed by atoms with E-state index < -0.39 is 0 Å². The lowest BCUT2D eigenvalue weighted by Gasteiger charge is -2.24. The summed E-state index contributed by atoms with van der Waals surface area (Å²) in [5.74, 6) is 2.41. The van der Waals surface area contributed by atoms with E-state index in [2.05, 4.69) is 30.3 Å². The summed E-state index contributed by atoms with van der Waals surface area (Å²) in [5.41, 5.74) is 1.15. The van der Waals surface area contributed by atoms with E-state index in [1.54, 1.807) is 7.11 Å². The van der Waals surface area contributed by atoms with Gasteiger partial charge in [0, 0.05) is 32.7 Å². The molecule has 23 heavy (non-hydrogen) atoms. The third kappa shape index (κ3) is 6.55. The number of nitrogens with zero attached hydrogens (tertiary/aromatic N) is 2. The van der Waals surface area contributed by atoms with Gasteiger partial charge in [0.2, 0.25) is 0 Å². The van der Waals surface area contributed by atoms with Gasteiger partial charge in [0.05, 0.1) is 20.3 Å². The molecule has 0 aromatic heterocycles. The number of methoxy groups -OCH3 is 1. The Bertz CT molecular complexity index is 490. The second-order valence-corrected chi connectivity index (χ2v) is 5.63. The Kier molecular flexibility index (Phi) is 9.31. The van der Waals surface area contributed by atoms with E-state index in [-0.39, 0.29) is 24.0 Å². The number of benzene rings is 1. The molecule has 1 saturated heterocycles. The lowest BCUT2D eigenvalue weighted by molar-refractivity contribution is 0.181. The molecule has 130 valence electrons. The van der Waals surface area contributed by atoms with Crippen LogP contribution in [-0.2, 0) is 11.3 Å². The normalized spacial score (nSPS) is 17.5. The SMILES string of the molecule is CCNC(=NCc1cccc(OC)c1)N(C)CC1CCOC1.I. The molecule has 1 atom stereocenters. The molecule has 1 aromatic rings. The summed E-state index contributed by atoms with van der Waals surface area (Å²) in [7, 11) is 3.77. The van der Waals surface area contributed by atoms with E-state index in [4.69, 9.17) is 14.5 Å². The van der Waals surface area contributed by atoms with E-state index in [0.717, 1.165) is 50.0 Å². The van der Waals surface area contributed by atoms with Crippen molar-refractivity contribution < 1.29 is 9.47 Å². The Morgan fingerprint density at radius 3 is 2.96 bits per heavy atom. The molecule has 1 heterocycles. The lowest BCUT2D eigenvalue weighted by atomic mass is 10.1. The Morgan fingerprint density at radius 1 is 1.48 bits per heavy atom. The van der Waals surface area contributed by atoms with Crippen LogP contribution in [0.4, 0.5) is 0 Å². The van der Waals surface area contributed by atoms with Crippen LogP contribution in [0.25, 0.3) is 0 Å². The van der Waals surface area contributed by atoms with Crippen LogP contribution in [0.2, 0.25) is 0 Å². The number of ether oxygens (including phenoxy) is 2. The minimum absolute atomic E-state index is 0. The predicted octanol–water partition coefficient (Wildman–Crippen LogP) is 2.75. The van der Waals surface area contributed by atoms with Gasteiger partial charge in [-0.2, -0.15) is 0 Å². The molecule has 0 amide bonds. The van der Waals surface area contributed by atoms with Crippen LogP contribution >= 0.6 is 24.0 Å². The summed E-state index contributed by atoms with van der Waals surface area (Å²) in [6.07, 6.45) is 1.14. The maximum atomic E-state index is 5.45. The Morgan fingerprint density at radius 2 is 2.30 bits per heavy atom. The highest BCUT2D eigenvalue weighted by Crippen LogP contribution is 2.15. The van der Waals surface area contributed by atoms with Gasteiger partial charge in [-0.25, -0.2) is 4.99 Å². The number of halogens is 1. The first-order valence-electron chi connectivity index (χ1n) is 7.93. The molecule has 1 N–H and O–H groups in total. The highest BCUT2D eigenvalue weighted by atomic mass is 127. The Balaban J connectivity index is 0.00000264. The molecule has 0 spiro atoms. The van der Waals surface area contributed by atoms with Crippen molar-refractivity contribution in [1.29, 1.82) is 0 Å². The first-order valence-corrected chi connectivity index (χ1v) is 7.93. The van der Waals surface area contributed by atoms with Crippen LogP contribution in [0.5, 0.6) is 5.75 Å². The zero-order chi connectivity index (χ0) is 15.8. The molecule has 0 radical (unpaired) electrons. The summed E-state index contributed by atoms with van der Waals surface area (Å²) in [5, 5.41) is 3.36. The van der Waals surface area contributed by atoms with Crippen molar-refractivity contribution in [3.8, 4) is 5.75 Å². The largest absolute Gasteiger partial charge is 0.497 e. The second-order valence-electron chi connectivity index (χ2n) is 5.63. The molecule has 1 aliphatic heterocycles. The molecule has 1 unspecified atom stereocenters. The molecule has 1 aromatic carbocycles. The van der Waals surface area contributed by atoms with Gasteiger partial charge in [0.1, 0.15) is 5.75 Å². The molecule has 0 saturated carbocycles. The highest BCUT2D eigenvalue weighted by molar-refractivity contribution is 14.0. The van der Waals surface area contributed by atoms with Crippen LogP contribution in [0.3, 0.4) is 0 Å². The van der Waals surface area contributed by atoms with Gasteiger partial charge in [-0.3, -0.25) is 0 Å². The van der Waals surface area contributed by atoms with E-state index in [1.807, 2.05) is 18.2 Å². The number of aliphatic imine (C=N–C) groups is 1. The molecular formula is C17H28IN3O2. The van der Waals surface area contributed by atoms with Crippen LogP contribution in [0.15, 0.2) is 29.3 Å². The third-order valence-electron chi connectivity index (χ3n) is 3.80. The number of nitrogens with one attached hydrogen (secondary N) is 1. The van der Waals surface area contributed by atoms with Gasteiger partial charge in [-0.15, -0.1) is 24.0 Å². The third-order valence-corrected chi connectivity index (χ3v) is 3.80. The summed E-state index contributed by atoms with van der Waals surface area (Å²) < 4.78 is 10.7. The monoisotopic (exact) mass is 433 g/mol. The topological polar surface area (TPSA) is 46.1 Å². The first-order chi connectivity index (χ1) is 10.7. The maximum Gasteiger partial charge on any atom is 0.193 e. The molecule has 1 fully saturated rings. The van der Waals surface area contributed by atoms with E-state index in [9.17, 15) is 0 Å². The van der Waals surface area contributed by atoms with Crippen molar-refractivity contribution in [1.82, 2.24) is 10.2 Å². The molecule has 0 aliphatic carbocycles. The smallest absolute Gasteiger partial charge is 0.193 e. The average Bonchev–Trinajstić information content (AvgIpc) is 3.04. The summed E-state index contributed by atoms with van der Waals surface area (Å²) in [6.45, 7) is 6.32. The van der Waals surface area contributed by atoms with Gasteiger partial charge in [-0.1, -0.05) is 12.1 Å². The Labute approximate surface area is 156 Å². The van der Waals surface area contributed by atoms with Gasteiger partial charge >= 0.3 is 0 Å². The van der Waals surface area contributed by atoms with Gasteiger partial charge in [-0.05, 0) is 31.0 Å².